The zero-order valence-corrected chi connectivity index (χ0v) is 42.9. The number of nitrogens with one attached hydrogen (secondary N) is 2. The fraction of sp³-hybridized carbons (Fsp3) is 0.659. The van der Waals surface area contributed by atoms with Crippen LogP contribution in [-0.4, -0.2) is 123 Å². The van der Waals surface area contributed by atoms with Crippen LogP contribution in [0.5, 0.6) is 0 Å². The molecule has 0 bridgehead atoms. The summed E-state index contributed by atoms with van der Waals surface area (Å²) in [6.45, 7) is 17.6. The summed E-state index contributed by atoms with van der Waals surface area (Å²) < 4.78 is 83.3. The Labute approximate surface area is 399 Å². The van der Waals surface area contributed by atoms with Gasteiger partial charge in [-0.2, -0.15) is 0 Å². The van der Waals surface area contributed by atoms with Crippen molar-refractivity contribution >= 4 is 73.0 Å². The molecule has 0 aromatic carbocycles. The highest BCUT2D eigenvalue weighted by Gasteiger charge is 2.32. The minimum atomic E-state index is -4.09. The maximum absolute atomic E-state index is 13.5. The maximum Gasteiger partial charge on any atom is 0.361 e. The van der Waals surface area contributed by atoms with Crippen molar-refractivity contribution in [2.24, 2.45) is 21.7 Å². The van der Waals surface area contributed by atoms with Gasteiger partial charge in [-0.05, 0) is 83.1 Å². The van der Waals surface area contributed by atoms with Crippen LogP contribution < -0.4 is 10.6 Å². The largest absolute Gasteiger partial charge is 0.438 e. The predicted octanol–water partition coefficient (Wildman–Crippen LogP) is 6.04. The van der Waals surface area contributed by atoms with Gasteiger partial charge >= 0.3 is 39.1 Å². The van der Waals surface area contributed by atoms with Crippen LogP contribution in [-0.2, 0) is 87.9 Å². The highest BCUT2D eigenvalue weighted by atomic mass is 31.2. The van der Waals surface area contributed by atoms with Gasteiger partial charge in [-0.1, -0.05) is 0 Å². The molecule has 0 saturated heterocycles. The molecule has 4 aromatic heterocycles. The van der Waals surface area contributed by atoms with Gasteiger partial charge in [0.1, 0.15) is 36.4 Å². The molecule has 0 saturated carbocycles. The van der Waals surface area contributed by atoms with E-state index in [1.807, 2.05) is 0 Å². The number of imidazole rings is 2. The molecule has 0 atom stereocenters. The van der Waals surface area contributed by atoms with Crippen molar-refractivity contribution in [1.82, 2.24) is 39.0 Å². The van der Waals surface area contributed by atoms with Crippen LogP contribution in [0.2, 0.25) is 0 Å². The number of aromatic nitrogens is 8. The molecule has 2 N–H and O–H groups in total. The third-order valence-corrected chi connectivity index (χ3v) is 12.0. The molecule has 0 amide bonds. The number of anilines is 2. The van der Waals surface area contributed by atoms with Crippen molar-refractivity contribution in [3.05, 3.63) is 25.3 Å². The number of fused-ring (bicyclic) bond motifs is 2. The van der Waals surface area contributed by atoms with E-state index >= 15 is 0 Å². The molecule has 0 spiro atoms. The monoisotopic (exact) mass is 1010 g/mol. The second kappa shape index (κ2) is 24.1. The molecule has 0 radical (unpaired) electrons. The van der Waals surface area contributed by atoms with E-state index in [-0.39, 0.29) is 33.0 Å². The van der Waals surface area contributed by atoms with Crippen LogP contribution in [0, 0.1) is 21.7 Å². The number of esters is 4. The molecular formula is C41H64N10O16P2. The second-order valence-electron chi connectivity index (χ2n) is 19.2. The lowest BCUT2D eigenvalue weighted by Gasteiger charge is -2.22. The molecule has 69 heavy (non-hydrogen) atoms. The van der Waals surface area contributed by atoms with Crippen LogP contribution in [0.3, 0.4) is 0 Å². The SMILES string of the molecule is CC(C)(C)C(=O)OCOP(=O)(COCCn1cnc2c(NCNc3ncnc4c3ncn4CCOCP(=O)(OCOC(=O)C(C)(C)C)OCOC(=O)C(C)(C)C)ncnc21)OCOC(=O)C(C)(C)C. The van der Waals surface area contributed by atoms with Gasteiger partial charge in [-0.25, -0.2) is 29.9 Å². The molecule has 0 aliphatic heterocycles. The number of carbonyl (C=O) groups is 4. The van der Waals surface area contributed by atoms with Crippen LogP contribution in [0.4, 0.5) is 11.6 Å². The van der Waals surface area contributed by atoms with Crippen LogP contribution in [0.25, 0.3) is 22.3 Å². The average molecular weight is 1010 g/mol. The fourth-order valence-corrected chi connectivity index (χ4v) is 6.97. The fourth-order valence-electron chi connectivity index (χ4n) is 4.97. The average Bonchev–Trinajstić information content (AvgIpc) is 3.87. The lowest BCUT2D eigenvalue weighted by molar-refractivity contribution is -0.164. The van der Waals surface area contributed by atoms with Crippen LogP contribution in [0.1, 0.15) is 83.1 Å². The summed E-state index contributed by atoms with van der Waals surface area (Å²) in [5.74, 6) is -1.57. The van der Waals surface area contributed by atoms with E-state index in [1.165, 1.54) is 25.3 Å². The van der Waals surface area contributed by atoms with E-state index in [2.05, 4.69) is 40.5 Å². The summed E-state index contributed by atoms with van der Waals surface area (Å²) in [5.41, 5.74) is -1.54. The van der Waals surface area contributed by atoms with E-state index in [9.17, 15) is 28.3 Å². The van der Waals surface area contributed by atoms with Crippen molar-refractivity contribution < 1.29 is 74.8 Å². The highest BCUT2D eigenvalue weighted by molar-refractivity contribution is 7.53. The molecule has 26 nitrogen and oxygen atoms in total. The topological polar surface area (TPSA) is 306 Å². The first-order valence-corrected chi connectivity index (χ1v) is 25.0. The Kier molecular flexibility index (Phi) is 19.7. The quantitative estimate of drug-likeness (QED) is 0.0238. The molecule has 4 rings (SSSR count). The Morgan fingerprint density at radius 2 is 0.797 bits per heavy atom. The van der Waals surface area contributed by atoms with Crippen molar-refractivity contribution in [3.63, 3.8) is 0 Å². The zero-order valence-electron chi connectivity index (χ0n) is 41.1. The number of hydrogen-bond donors (Lipinski definition) is 2. The second-order valence-corrected chi connectivity index (χ2v) is 23.2. The number of carbonyl (C=O) groups excluding carboxylic acids is 4. The summed E-state index contributed by atoms with van der Waals surface area (Å²) in [6, 6.07) is 0. The van der Waals surface area contributed by atoms with Crippen LogP contribution >= 0.6 is 15.2 Å². The van der Waals surface area contributed by atoms with Gasteiger partial charge in [0.05, 0.1) is 54.2 Å². The molecular weight excluding hydrogens is 950 g/mol. The Hall–Kier alpha value is -5.20. The summed E-state index contributed by atoms with van der Waals surface area (Å²) in [5, 5.41) is 6.32. The predicted molar refractivity (Wildman–Crippen MR) is 246 cm³/mol. The van der Waals surface area contributed by atoms with Gasteiger partial charge in [-0.3, -0.25) is 46.4 Å². The number of rotatable bonds is 26. The molecule has 4 aromatic rings. The minimum Gasteiger partial charge on any atom is -0.438 e. The van der Waals surface area contributed by atoms with Gasteiger partial charge < -0.3 is 48.2 Å². The molecule has 384 valence electrons. The smallest absolute Gasteiger partial charge is 0.361 e. The number of nitrogens with zero attached hydrogens (tertiary/aromatic N) is 8. The summed E-state index contributed by atoms with van der Waals surface area (Å²) in [7, 11) is -8.18. The first-order chi connectivity index (χ1) is 32.1. The third kappa shape index (κ3) is 17.6. The van der Waals surface area contributed by atoms with Gasteiger partial charge in [0.25, 0.3) is 0 Å². The first-order valence-electron chi connectivity index (χ1n) is 21.5. The summed E-state index contributed by atoms with van der Waals surface area (Å²) in [4.78, 5) is 75.1. The number of hydrogen-bond acceptors (Lipinski definition) is 24. The Morgan fingerprint density at radius 3 is 1.09 bits per heavy atom. The Morgan fingerprint density at radius 1 is 0.493 bits per heavy atom. The normalized spacial score (nSPS) is 12.8. The van der Waals surface area contributed by atoms with Gasteiger partial charge in [0.15, 0.2) is 22.9 Å². The third-order valence-electron chi connectivity index (χ3n) is 8.97. The van der Waals surface area contributed by atoms with Crippen molar-refractivity contribution in [1.29, 1.82) is 0 Å². The van der Waals surface area contributed by atoms with E-state index in [0.717, 1.165) is 0 Å². The molecule has 0 aliphatic carbocycles. The summed E-state index contributed by atoms with van der Waals surface area (Å²) in [6.07, 6.45) is 4.66. The molecule has 0 fully saturated rings. The maximum atomic E-state index is 13.5. The zero-order chi connectivity index (χ0) is 51.3. The first kappa shape index (κ1) is 56.4. The molecule has 28 heteroatoms. The lowest BCUT2D eigenvalue weighted by atomic mass is 9.98. The molecule has 0 unspecified atom stereocenters. The van der Waals surface area contributed by atoms with Gasteiger partial charge in [0, 0.05) is 13.1 Å². The van der Waals surface area contributed by atoms with E-state index in [0.29, 0.717) is 34.0 Å². The van der Waals surface area contributed by atoms with E-state index in [1.54, 1.807) is 92.2 Å². The van der Waals surface area contributed by atoms with Crippen molar-refractivity contribution in [2.75, 3.05) is 70.4 Å². The van der Waals surface area contributed by atoms with Gasteiger partial charge in [0.2, 0.25) is 27.2 Å². The van der Waals surface area contributed by atoms with Crippen molar-refractivity contribution in [3.8, 4) is 0 Å². The van der Waals surface area contributed by atoms with Gasteiger partial charge in [-0.15, -0.1) is 0 Å². The molecule has 4 heterocycles. The van der Waals surface area contributed by atoms with E-state index < -0.39 is 101 Å². The Balaban J connectivity index is 1.31. The van der Waals surface area contributed by atoms with Crippen molar-refractivity contribution in [2.45, 2.75) is 96.2 Å². The van der Waals surface area contributed by atoms with E-state index in [4.69, 9.17) is 46.5 Å². The highest BCUT2D eigenvalue weighted by Crippen LogP contribution is 2.49. The standard InChI is InChI=1S/C41H64N10O16P2/c1-38(2,3)34(52)60-22-64-68(56,65-23-61-35(53)39(4,5)6)26-58-15-13-50-20-48-28-30(44-18-46-32(28)50)42-17-43-31-29-33(47-19-45-31)51(21-49-29)14-16-59-27-69(57,66-24-62-36(54)40(7,8)9)67-25-63-37(55)41(10,11)12/h18-21H,13-17,22-27H2,1-12H3,(H,42,44,46)(H,43,45,47). The number of ether oxygens (including phenoxy) is 6. The lowest BCUT2D eigenvalue weighted by Crippen LogP contribution is -2.25. The Bertz CT molecular complexity index is 2230. The van der Waals surface area contributed by atoms with Crippen LogP contribution in [0.15, 0.2) is 25.3 Å². The molecule has 0 aliphatic rings. The minimum absolute atomic E-state index is 0.000922. The summed E-state index contributed by atoms with van der Waals surface area (Å²) >= 11 is 0.